The number of ether oxygens (including phenoxy) is 4. The topological polar surface area (TPSA) is 121 Å². The smallest absolute Gasteiger partial charge is 0.357 e. The number of benzene rings is 2. The molecule has 4 aromatic rings. The Balaban J connectivity index is 1.17. The lowest BCUT2D eigenvalue weighted by atomic mass is 10.2. The molecule has 0 aliphatic carbocycles. The Kier molecular flexibility index (Phi) is 11.4. The normalized spacial score (nSPS) is 10.6. The number of hydrogen-bond acceptors (Lipinski definition) is 10. The molecule has 0 radical (unpaired) electrons. The lowest BCUT2D eigenvalue weighted by molar-refractivity contribution is 0.0258. The molecule has 4 rings (SSSR count). The van der Waals surface area contributed by atoms with Crippen LogP contribution in [-0.4, -0.2) is 49.3 Å². The number of hydrogen-bond donors (Lipinski definition) is 2. The average molecular weight is 571 g/mol. The van der Waals surface area contributed by atoms with E-state index in [1.807, 2.05) is 60.7 Å². The van der Waals surface area contributed by atoms with E-state index in [1.54, 1.807) is 38.5 Å². The molecule has 10 heteroatoms. The summed E-state index contributed by atoms with van der Waals surface area (Å²) in [5.74, 6) is 0.397. The zero-order chi connectivity index (χ0) is 29.6. The maximum Gasteiger partial charge on any atom is 0.357 e. The number of nitrogens with zero attached hydrogens (tertiary/aromatic N) is 2. The summed E-state index contributed by atoms with van der Waals surface area (Å²) in [5.41, 5.74) is 3.89. The highest BCUT2D eigenvalue weighted by atomic mass is 16.6. The SMILES string of the molecule is COc1cccc(CNCc2cccc(C(=O)OCCOC(=O)c3cccc(CNCc4cccc(OC)c4)n3)n2)c1. The molecular formula is C32H34N4O6. The highest BCUT2D eigenvalue weighted by Gasteiger charge is 2.13. The Morgan fingerprint density at radius 3 is 1.45 bits per heavy atom. The monoisotopic (exact) mass is 570 g/mol. The fraction of sp³-hybridized carbons (Fsp3) is 0.250. The van der Waals surface area contributed by atoms with Crippen LogP contribution in [0, 0.1) is 0 Å². The zero-order valence-electron chi connectivity index (χ0n) is 23.7. The standard InChI is InChI=1S/C32H34N4O6/c1-39-27-11-3-7-23(17-27)19-33-21-25-9-5-13-29(35-25)31(37)41-15-16-42-32(38)30-14-6-10-26(36-30)22-34-20-24-8-4-12-28(18-24)40-2/h3-14,17-18,33-34H,15-16,19-22H2,1-2H3. The van der Waals surface area contributed by atoms with Crippen molar-refractivity contribution in [1.82, 2.24) is 20.6 Å². The van der Waals surface area contributed by atoms with Gasteiger partial charge in [0, 0.05) is 26.2 Å². The van der Waals surface area contributed by atoms with Gasteiger partial charge >= 0.3 is 11.9 Å². The van der Waals surface area contributed by atoms with Gasteiger partial charge in [0.1, 0.15) is 36.1 Å². The Morgan fingerprint density at radius 2 is 1.02 bits per heavy atom. The number of rotatable bonds is 15. The quantitative estimate of drug-likeness (QED) is 0.160. The Hall–Kier alpha value is -4.80. The number of pyridine rings is 2. The van der Waals surface area contributed by atoms with Gasteiger partial charge in [-0.25, -0.2) is 19.6 Å². The van der Waals surface area contributed by atoms with Crippen LogP contribution in [0.4, 0.5) is 0 Å². The molecule has 0 aliphatic rings. The summed E-state index contributed by atoms with van der Waals surface area (Å²) >= 11 is 0. The molecule has 10 nitrogen and oxygen atoms in total. The van der Waals surface area contributed by atoms with Crippen molar-refractivity contribution >= 4 is 11.9 Å². The van der Waals surface area contributed by atoms with E-state index in [0.717, 1.165) is 22.6 Å². The molecule has 2 aromatic heterocycles. The number of esters is 2. The largest absolute Gasteiger partial charge is 0.497 e. The average Bonchev–Trinajstić information content (AvgIpc) is 3.03. The fourth-order valence-electron chi connectivity index (χ4n) is 4.03. The minimum Gasteiger partial charge on any atom is -0.497 e. The van der Waals surface area contributed by atoms with Gasteiger partial charge in [0.25, 0.3) is 0 Å². The third kappa shape index (κ3) is 9.39. The molecular weight excluding hydrogens is 536 g/mol. The molecule has 2 heterocycles. The summed E-state index contributed by atoms with van der Waals surface area (Å²) in [6.07, 6.45) is 0. The molecule has 218 valence electrons. The van der Waals surface area contributed by atoms with Crippen molar-refractivity contribution in [1.29, 1.82) is 0 Å². The third-order valence-electron chi connectivity index (χ3n) is 6.12. The van der Waals surface area contributed by atoms with Gasteiger partial charge in [-0.3, -0.25) is 0 Å². The lowest BCUT2D eigenvalue weighted by Gasteiger charge is -2.09. The predicted molar refractivity (Wildman–Crippen MR) is 156 cm³/mol. The van der Waals surface area contributed by atoms with E-state index in [1.165, 1.54) is 0 Å². The van der Waals surface area contributed by atoms with Gasteiger partial charge in [0.15, 0.2) is 0 Å². The fourth-order valence-corrected chi connectivity index (χ4v) is 4.03. The summed E-state index contributed by atoms with van der Waals surface area (Å²) in [5, 5.41) is 6.60. The van der Waals surface area contributed by atoms with Crippen molar-refractivity contribution in [2.24, 2.45) is 0 Å². The minimum absolute atomic E-state index is 0.105. The number of aromatic nitrogens is 2. The van der Waals surface area contributed by atoms with E-state index in [-0.39, 0.29) is 24.6 Å². The molecule has 0 atom stereocenters. The first-order chi connectivity index (χ1) is 20.5. The van der Waals surface area contributed by atoms with Gasteiger partial charge in [0.05, 0.1) is 25.6 Å². The molecule has 2 aromatic carbocycles. The molecule has 0 saturated carbocycles. The zero-order valence-corrected chi connectivity index (χ0v) is 23.7. The third-order valence-corrected chi connectivity index (χ3v) is 6.12. The molecule has 0 unspecified atom stereocenters. The van der Waals surface area contributed by atoms with Crippen LogP contribution in [0.25, 0.3) is 0 Å². The summed E-state index contributed by atoms with van der Waals surface area (Å²) < 4.78 is 21.0. The molecule has 0 fully saturated rings. The van der Waals surface area contributed by atoms with Gasteiger partial charge in [-0.05, 0) is 59.7 Å². The summed E-state index contributed by atoms with van der Waals surface area (Å²) in [7, 11) is 3.26. The van der Waals surface area contributed by atoms with Gasteiger partial charge in [-0.1, -0.05) is 36.4 Å². The molecule has 0 aliphatic heterocycles. The highest BCUT2D eigenvalue weighted by Crippen LogP contribution is 2.13. The van der Waals surface area contributed by atoms with Gasteiger partial charge < -0.3 is 29.6 Å². The maximum absolute atomic E-state index is 12.5. The van der Waals surface area contributed by atoms with Crippen LogP contribution >= 0.6 is 0 Å². The second-order valence-electron chi connectivity index (χ2n) is 9.21. The van der Waals surface area contributed by atoms with Gasteiger partial charge in [-0.15, -0.1) is 0 Å². The van der Waals surface area contributed by atoms with Crippen LogP contribution in [0.15, 0.2) is 84.9 Å². The van der Waals surface area contributed by atoms with Crippen LogP contribution in [0.1, 0.15) is 43.5 Å². The van der Waals surface area contributed by atoms with E-state index in [4.69, 9.17) is 18.9 Å². The van der Waals surface area contributed by atoms with Crippen molar-refractivity contribution in [2.75, 3.05) is 27.4 Å². The van der Waals surface area contributed by atoms with Crippen LogP contribution in [-0.2, 0) is 35.7 Å². The van der Waals surface area contributed by atoms with Crippen LogP contribution in [0.5, 0.6) is 11.5 Å². The van der Waals surface area contributed by atoms with Crippen molar-refractivity contribution < 1.29 is 28.5 Å². The predicted octanol–water partition coefficient (Wildman–Crippen LogP) is 4.09. The van der Waals surface area contributed by atoms with Crippen molar-refractivity contribution in [3.8, 4) is 11.5 Å². The first kappa shape index (κ1) is 30.2. The van der Waals surface area contributed by atoms with E-state index >= 15 is 0 Å². The Morgan fingerprint density at radius 1 is 0.595 bits per heavy atom. The maximum atomic E-state index is 12.5. The minimum atomic E-state index is -0.595. The number of carbonyl (C=O) groups excluding carboxylic acids is 2. The summed E-state index contributed by atoms with van der Waals surface area (Å²) in [6, 6.07) is 25.9. The second-order valence-corrected chi connectivity index (χ2v) is 9.21. The van der Waals surface area contributed by atoms with E-state index in [0.29, 0.717) is 37.6 Å². The van der Waals surface area contributed by atoms with Gasteiger partial charge in [0.2, 0.25) is 0 Å². The highest BCUT2D eigenvalue weighted by molar-refractivity contribution is 5.88. The lowest BCUT2D eigenvalue weighted by Crippen LogP contribution is -2.18. The second kappa shape index (κ2) is 15.8. The summed E-state index contributed by atoms with van der Waals surface area (Å²) in [6.45, 7) is 1.98. The Labute approximate surface area is 245 Å². The number of methoxy groups -OCH3 is 2. The van der Waals surface area contributed by atoms with Crippen molar-refractivity contribution in [2.45, 2.75) is 26.2 Å². The molecule has 0 spiro atoms. The molecule has 0 bridgehead atoms. The molecule has 0 amide bonds. The molecule has 42 heavy (non-hydrogen) atoms. The van der Waals surface area contributed by atoms with Gasteiger partial charge in [-0.2, -0.15) is 0 Å². The molecule has 2 N–H and O–H groups in total. The Bertz CT molecular complexity index is 1370. The van der Waals surface area contributed by atoms with E-state index in [9.17, 15) is 9.59 Å². The first-order valence-corrected chi connectivity index (χ1v) is 13.5. The van der Waals surface area contributed by atoms with E-state index in [2.05, 4.69) is 20.6 Å². The molecule has 0 saturated heterocycles. The number of carbonyl (C=O) groups is 2. The van der Waals surface area contributed by atoms with Crippen molar-refractivity contribution in [3.05, 3.63) is 119 Å². The van der Waals surface area contributed by atoms with Crippen LogP contribution in [0.3, 0.4) is 0 Å². The number of nitrogens with one attached hydrogen (secondary N) is 2. The van der Waals surface area contributed by atoms with E-state index < -0.39 is 11.9 Å². The first-order valence-electron chi connectivity index (χ1n) is 13.5. The summed E-state index contributed by atoms with van der Waals surface area (Å²) in [4.78, 5) is 33.7. The van der Waals surface area contributed by atoms with Crippen LogP contribution < -0.4 is 20.1 Å². The van der Waals surface area contributed by atoms with Crippen LogP contribution in [0.2, 0.25) is 0 Å². The van der Waals surface area contributed by atoms with Crippen molar-refractivity contribution in [3.63, 3.8) is 0 Å².